The van der Waals surface area contributed by atoms with Crippen molar-refractivity contribution in [2.75, 3.05) is 12.8 Å². The fourth-order valence-electron chi connectivity index (χ4n) is 2.39. The van der Waals surface area contributed by atoms with Crippen LogP contribution in [0.15, 0.2) is 24.3 Å². The van der Waals surface area contributed by atoms with E-state index in [1.165, 1.54) is 25.3 Å². The largest absolute Gasteiger partial charge is 0.309 e. The van der Waals surface area contributed by atoms with Gasteiger partial charge in [0.1, 0.15) is 0 Å². The average molecular weight is 280 g/mol. The lowest BCUT2D eigenvalue weighted by Gasteiger charge is -2.41. The quantitative estimate of drug-likeness (QED) is 0.639. The summed E-state index contributed by atoms with van der Waals surface area (Å²) < 4.78 is 0.384. The van der Waals surface area contributed by atoms with E-state index < -0.39 is 0 Å². The molecule has 4 nitrogen and oxygen atoms in total. The van der Waals surface area contributed by atoms with Crippen LogP contribution in [0.4, 0.5) is 5.69 Å². The van der Waals surface area contributed by atoms with Gasteiger partial charge in [0.25, 0.3) is 5.69 Å². The number of benzene rings is 1. The topological polar surface area (TPSA) is 55.2 Å². The first-order chi connectivity index (χ1) is 9.06. The molecule has 1 aromatic carbocycles. The molecule has 1 atom stereocenters. The first-order valence-corrected chi connectivity index (χ1v) is 7.82. The van der Waals surface area contributed by atoms with E-state index in [-0.39, 0.29) is 16.7 Å². The van der Waals surface area contributed by atoms with Crippen molar-refractivity contribution in [2.24, 2.45) is 0 Å². The molecule has 5 heteroatoms. The summed E-state index contributed by atoms with van der Waals surface area (Å²) in [5.74, 6) is 0. The van der Waals surface area contributed by atoms with E-state index in [1.807, 2.05) is 17.8 Å². The summed E-state index contributed by atoms with van der Waals surface area (Å²) >= 11 is 1.93. The second-order valence-electron chi connectivity index (χ2n) is 5.20. The Morgan fingerprint density at radius 2 is 2.26 bits per heavy atom. The minimum Gasteiger partial charge on any atom is -0.309 e. The predicted molar refractivity (Wildman–Crippen MR) is 79.6 cm³/mol. The number of hydrogen-bond acceptors (Lipinski definition) is 4. The van der Waals surface area contributed by atoms with Crippen molar-refractivity contribution in [2.45, 2.75) is 37.0 Å². The summed E-state index contributed by atoms with van der Waals surface area (Å²) in [5.41, 5.74) is 1.14. The van der Waals surface area contributed by atoms with Gasteiger partial charge in [-0.2, -0.15) is 11.8 Å². The Hall–Kier alpha value is -1.07. The number of nitrogens with zero attached hydrogens (tertiary/aromatic N) is 1. The lowest BCUT2D eigenvalue weighted by molar-refractivity contribution is -0.384. The third-order valence-electron chi connectivity index (χ3n) is 4.01. The van der Waals surface area contributed by atoms with Gasteiger partial charge >= 0.3 is 0 Å². The van der Waals surface area contributed by atoms with Crippen molar-refractivity contribution < 1.29 is 4.92 Å². The minimum atomic E-state index is -0.342. The van der Waals surface area contributed by atoms with Crippen molar-refractivity contribution in [1.82, 2.24) is 5.32 Å². The van der Waals surface area contributed by atoms with E-state index in [9.17, 15) is 10.1 Å². The van der Waals surface area contributed by atoms with E-state index in [1.54, 1.807) is 12.1 Å². The Bertz CT molecular complexity index is 455. The molecule has 1 saturated carbocycles. The van der Waals surface area contributed by atoms with Gasteiger partial charge in [0, 0.05) is 29.5 Å². The molecule has 0 radical (unpaired) electrons. The molecule has 0 spiro atoms. The molecule has 0 aliphatic heterocycles. The summed E-state index contributed by atoms with van der Waals surface area (Å²) in [6.07, 6.45) is 6.01. The van der Waals surface area contributed by atoms with E-state index in [4.69, 9.17) is 0 Å². The number of hydrogen-bond donors (Lipinski definition) is 1. The maximum atomic E-state index is 10.8. The highest BCUT2D eigenvalue weighted by Gasteiger charge is 2.35. The number of nitrogens with one attached hydrogen (secondary N) is 1. The maximum Gasteiger partial charge on any atom is 0.269 e. The van der Waals surface area contributed by atoms with E-state index in [2.05, 4.69) is 18.5 Å². The van der Waals surface area contributed by atoms with Crippen LogP contribution in [0.3, 0.4) is 0 Å². The maximum absolute atomic E-state index is 10.8. The SMILES string of the molecule is CSC1(CNC(C)c2cccc([N+](=O)[O-])c2)CCC1. The Morgan fingerprint density at radius 1 is 1.53 bits per heavy atom. The molecule has 2 rings (SSSR count). The van der Waals surface area contributed by atoms with Crippen LogP contribution in [-0.4, -0.2) is 22.5 Å². The molecule has 1 aliphatic carbocycles. The zero-order valence-electron chi connectivity index (χ0n) is 11.4. The van der Waals surface area contributed by atoms with Crippen LogP contribution in [-0.2, 0) is 0 Å². The number of thioether (sulfide) groups is 1. The monoisotopic (exact) mass is 280 g/mol. The van der Waals surface area contributed by atoms with Crippen molar-refractivity contribution in [3.05, 3.63) is 39.9 Å². The van der Waals surface area contributed by atoms with Crippen LogP contribution >= 0.6 is 11.8 Å². The van der Waals surface area contributed by atoms with Gasteiger partial charge in [0.05, 0.1) is 4.92 Å². The smallest absolute Gasteiger partial charge is 0.269 e. The zero-order chi connectivity index (χ0) is 13.9. The number of nitro benzene ring substituents is 1. The van der Waals surface area contributed by atoms with Crippen molar-refractivity contribution in [1.29, 1.82) is 0 Å². The van der Waals surface area contributed by atoms with Crippen LogP contribution < -0.4 is 5.32 Å². The van der Waals surface area contributed by atoms with E-state index >= 15 is 0 Å². The van der Waals surface area contributed by atoms with Crippen LogP contribution in [0, 0.1) is 10.1 Å². The molecule has 104 valence electrons. The van der Waals surface area contributed by atoms with E-state index in [0.29, 0.717) is 4.75 Å². The second kappa shape index (κ2) is 5.92. The number of nitro groups is 1. The lowest BCUT2D eigenvalue weighted by atomic mass is 9.84. The van der Waals surface area contributed by atoms with Gasteiger partial charge in [0.15, 0.2) is 0 Å². The van der Waals surface area contributed by atoms with Crippen molar-refractivity contribution >= 4 is 17.4 Å². The Morgan fingerprint density at radius 3 is 2.79 bits per heavy atom. The fourth-order valence-corrected chi connectivity index (χ4v) is 3.31. The van der Waals surface area contributed by atoms with Crippen molar-refractivity contribution in [3.8, 4) is 0 Å². The van der Waals surface area contributed by atoms with Crippen LogP contribution in [0.1, 0.15) is 37.8 Å². The van der Waals surface area contributed by atoms with Gasteiger partial charge in [-0.1, -0.05) is 18.6 Å². The number of non-ortho nitro benzene ring substituents is 1. The predicted octanol–water partition coefficient (Wildman–Crippen LogP) is 3.53. The summed E-state index contributed by atoms with van der Waals surface area (Å²) in [7, 11) is 0. The summed E-state index contributed by atoms with van der Waals surface area (Å²) in [6.45, 7) is 3.03. The van der Waals surface area contributed by atoms with Gasteiger partial charge in [0.2, 0.25) is 0 Å². The molecule has 0 heterocycles. The molecule has 1 fully saturated rings. The van der Waals surface area contributed by atoms with Crippen LogP contribution in [0.5, 0.6) is 0 Å². The van der Waals surface area contributed by atoms with Gasteiger partial charge in [-0.3, -0.25) is 10.1 Å². The number of rotatable bonds is 6. The normalized spacial score (nSPS) is 18.6. The van der Waals surface area contributed by atoms with Crippen LogP contribution in [0.25, 0.3) is 0 Å². The molecule has 19 heavy (non-hydrogen) atoms. The van der Waals surface area contributed by atoms with Crippen molar-refractivity contribution in [3.63, 3.8) is 0 Å². The first-order valence-electron chi connectivity index (χ1n) is 6.59. The molecule has 1 aromatic rings. The fraction of sp³-hybridized carbons (Fsp3) is 0.571. The summed E-state index contributed by atoms with van der Waals surface area (Å²) in [4.78, 5) is 10.4. The molecule has 1 unspecified atom stereocenters. The van der Waals surface area contributed by atoms with Crippen LogP contribution in [0.2, 0.25) is 0 Å². The third-order valence-corrected chi connectivity index (χ3v) is 5.43. The third kappa shape index (κ3) is 3.28. The first kappa shape index (κ1) is 14.3. The highest BCUT2D eigenvalue weighted by atomic mass is 32.2. The summed E-state index contributed by atoms with van der Waals surface area (Å²) in [5, 5.41) is 14.3. The van der Waals surface area contributed by atoms with Gasteiger partial charge < -0.3 is 5.32 Å². The van der Waals surface area contributed by atoms with Gasteiger partial charge in [-0.05, 0) is 31.6 Å². The second-order valence-corrected chi connectivity index (χ2v) is 6.47. The zero-order valence-corrected chi connectivity index (χ0v) is 12.2. The Balaban J connectivity index is 1.97. The molecule has 0 bridgehead atoms. The molecular formula is C14H20N2O2S. The molecule has 0 saturated heterocycles. The molecule has 1 aliphatic rings. The van der Waals surface area contributed by atoms with E-state index in [0.717, 1.165) is 12.1 Å². The Kier molecular flexibility index (Phi) is 4.47. The summed E-state index contributed by atoms with van der Waals surface area (Å²) in [6, 6.07) is 7.02. The Labute approximate surface area is 118 Å². The highest BCUT2D eigenvalue weighted by molar-refractivity contribution is 8.00. The minimum absolute atomic E-state index is 0.143. The molecule has 0 amide bonds. The molecule has 0 aromatic heterocycles. The highest BCUT2D eigenvalue weighted by Crippen LogP contribution is 2.42. The molecule has 1 N–H and O–H groups in total. The molecular weight excluding hydrogens is 260 g/mol. The van der Waals surface area contributed by atoms with Gasteiger partial charge in [-0.15, -0.1) is 0 Å². The average Bonchev–Trinajstić information content (AvgIpc) is 2.38. The van der Waals surface area contributed by atoms with Gasteiger partial charge in [-0.25, -0.2) is 0 Å². The lowest BCUT2D eigenvalue weighted by Crippen LogP contribution is -2.43. The standard InChI is InChI=1S/C14H20N2O2S/c1-11(15-10-14(19-2)7-4-8-14)12-5-3-6-13(9-12)16(17)18/h3,5-6,9,11,15H,4,7-8,10H2,1-2H3.